The van der Waals surface area contributed by atoms with Gasteiger partial charge in [0, 0.05) is 12.0 Å². The first-order chi connectivity index (χ1) is 7.53. The van der Waals surface area contributed by atoms with Crippen molar-refractivity contribution in [3.8, 4) is 5.75 Å². The maximum absolute atomic E-state index is 9.46. The zero-order chi connectivity index (χ0) is 11.8. The number of benzene rings is 2. The van der Waals surface area contributed by atoms with Gasteiger partial charge < -0.3 is 10.8 Å². The van der Waals surface area contributed by atoms with Crippen LogP contribution in [-0.2, 0) is 5.41 Å². The third kappa shape index (κ3) is 2.79. The molecule has 2 aromatic carbocycles. The van der Waals surface area contributed by atoms with Gasteiger partial charge in [0.25, 0.3) is 0 Å². The summed E-state index contributed by atoms with van der Waals surface area (Å²) in [6, 6.07) is 11.7. The summed E-state index contributed by atoms with van der Waals surface area (Å²) in [4.78, 5) is 0. The van der Waals surface area contributed by atoms with E-state index in [0.717, 1.165) is 10.8 Å². The van der Waals surface area contributed by atoms with E-state index in [4.69, 9.17) is 5.73 Å². The lowest BCUT2D eigenvalue weighted by atomic mass is 9.84. The molecule has 17 heavy (non-hydrogen) atoms. The molecule has 0 unspecified atom stereocenters. The predicted molar refractivity (Wildman–Crippen MR) is 78.0 cm³/mol. The van der Waals surface area contributed by atoms with Crippen molar-refractivity contribution in [2.45, 2.75) is 19.3 Å². The van der Waals surface area contributed by atoms with Gasteiger partial charge in [-0.25, -0.2) is 0 Å². The lowest BCUT2D eigenvalue weighted by Gasteiger charge is -2.23. The summed E-state index contributed by atoms with van der Waals surface area (Å²) in [5, 5.41) is 11.6. The molecule has 0 bridgehead atoms. The summed E-state index contributed by atoms with van der Waals surface area (Å²) in [6.07, 6.45) is 0. The first kappa shape index (κ1) is 14.0. The number of nitrogens with two attached hydrogens (primary N) is 1. The Kier molecular flexibility index (Phi) is 4.17. The third-order valence-electron chi connectivity index (χ3n) is 3.12. The van der Waals surface area contributed by atoms with Crippen molar-refractivity contribution in [1.29, 1.82) is 0 Å². The highest BCUT2D eigenvalue weighted by molar-refractivity contribution is 8.93. The fourth-order valence-electron chi connectivity index (χ4n) is 1.77. The van der Waals surface area contributed by atoms with Crippen LogP contribution in [0.4, 0.5) is 0 Å². The minimum absolute atomic E-state index is 0. The summed E-state index contributed by atoms with van der Waals surface area (Å²) >= 11 is 0. The zero-order valence-corrected chi connectivity index (χ0v) is 11.8. The van der Waals surface area contributed by atoms with Gasteiger partial charge in [-0.15, -0.1) is 17.0 Å². The summed E-state index contributed by atoms with van der Waals surface area (Å²) in [7, 11) is 0. The van der Waals surface area contributed by atoms with Crippen LogP contribution >= 0.6 is 17.0 Å². The van der Waals surface area contributed by atoms with Crippen LogP contribution in [0.15, 0.2) is 36.4 Å². The van der Waals surface area contributed by atoms with Crippen LogP contribution in [0.1, 0.15) is 19.4 Å². The number of aromatic hydroxyl groups is 1. The van der Waals surface area contributed by atoms with E-state index in [0.29, 0.717) is 12.3 Å². The molecule has 0 saturated heterocycles. The van der Waals surface area contributed by atoms with Crippen molar-refractivity contribution >= 4 is 27.8 Å². The first-order valence-corrected chi connectivity index (χ1v) is 5.46. The van der Waals surface area contributed by atoms with Crippen LogP contribution in [-0.4, -0.2) is 11.7 Å². The Labute approximate surface area is 112 Å². The molecular formula is C14H18BrNO. The van der Waals surface area contributed by atoms with Gasteiger partial charge in [0.05, 0.1) is 0 Å². The molecule has 3 heteroatoms. The summed E-state index contributed by atoms with van der Waals surface area (Å²) in [6.45, 7) is 4.85. The predicted octanol–water partition coefficient (Wildman–Crippen LogP) is 3.36. The normalized spacial score (nSPS) is 11.2. The molecule has 0 aliphatic rings. The smallest absolute Gasteiger partial charge is 0.116 e. The fourth-order valence-corrected chi connectivity index (χ4v) is 1.77. The Morgan fingerprint density at radius 1 is 1.06 bits per heavy atom. The van der Waals surface area contributed by atoms with Crippen LogP contribution in [0, 0.1) is 0 Å². The highest BCUT2D eigenvalue weighted by atomic mass is 79.9. The van der Waals surface area contributed by atoms with E-state index in [1.165, 1.54) is 5.56 Å². The van der Waals surface area contributed by atoms with E-state index in [2.05, 4.69) is 32.0 Å². The van der Waals surface area contributed by atoms with E-state index < -0.39 is 0 Å². The van der Waals surface area contributed by atoms with E-state index >= 15 is 0 Å². The molecule has 0 spiro atoms. The van der Waals surface area contributed by atoms with Gasteiger partial charge in [0.15, 0.2) is 0 Å². The molecule has 0 aromatic heterocycles. The van der Waals surface area contributed by atoms with Gasteiger partial charge in [0.1, 0.15) is 5.75 Å². The minimum Gasteiger partial charge on any atom is -0.508 e. The molecule has 0 aliphatic heterocycles. The monoisotopic (exact) mass is 295 g/mol. The quantitative estimate of drug-likeness (QED) is 0.892. The maximum Gasteiger partial charge on any atom is 0.116 e. The van der Waals surface area contributed by atoms with Gasteiger partial charge in [-0.05, 0) is 28.5 Å². The molecule has 0 radical (unpaired) electrons. The lowest BCUT2D eigenvalue weighted by molar-refractivity contribution is 0.476. The molecule has 0 amide bonds. The standard InChI is InChI=1S/C14H17NO.BrH/c1-14(2,9-15)12-5-3-10-4-6-13(16)8-11(10)7-12;/h3-8,16H,9,15H2,1-2H3;1H. The number of rotatable bonds is 2. The molecule has 3 N–H and O–H groups in total. The van der Waals surface area contributed by atoms with Crippen molar-refractivity contribution in [3.05, 3.63) is 42.0 Å². The van der Waals surface area contributed by atoms with E-state index in [9.17, 15) is 5.11 Å². The Hall–Kier alpha value is -1.06. The van der Waals surface area contributed by atoms with Gasteiger partial charge in [-0.2, -0.15) is 0 Å². The van der Waals surface area contributed by atoms with Crippen molar-refractivity contribution in [3.63, 3.8) is 0 Å². The van der Waals surface area contributed by atoms with Crippen LogP contribution in [0.5, 0.6) is 5.75 Å². The maximum atomic E-state index is 9.46. The van der Waals surface area contributed by atoms with Gasteiger partial charge in [-0.1, -0.05) is 38.1 Å². The molecule has 2 rings (SSSR count). The van der Waals surface area contributed by atoms with Crippen LogP contribution in [0.25, 0.3) is 10.8 Å². The molecule has 0 saturated carbocycles. The second kappa shape index (κ2) is 5.07. The summed E-state index contributed by atoms with van der Waals surface area (Å²) < 4.78 is 0. The fraction of sp³-hybridized carbons (Fsp3) is 0.286. The molecular weight excluding hydrogens is 278 g/mol. The van der Waals surface area contributed by atoms with Crippen molar-refractivity contribution < 1.29 is 5.11 Å². The molecule has 2 aromatic rings. The number of hydrogen-bond acceptors (Lipinski definition) is 2. The molecule has 2 nitrogen and oxygen atoms in total. The molecule has 0 heterocycles. The number of halogens is 1. The van der Waals surface area contributed by atoms with E-state index in [-0.39, 0.29) is 22.4 Å². The number of phenols is 1. The molecule has 92 valence electrons. The highest BCUT2D eigenvalue weighted by Gasteiger charge is 2.18. The van der Waals surface area contributed by atoms with Crippen molar-refractivity contribution in [2.24, 2.45) is 5.73 Å². The van der Waals surface area contributed by atoms with Gasteiger partial charge >= 0.3 is 0 Å². The summed E-state index contributed by atoms with van der Waals surface area (Å²) in [5.41, 5.74) is 6.94. The molecule has 0 fully saturated rings. The molecule has 0 aliphatic carbocycles. The Bertz CT molecular complexity index is 523. The average molecular weight is 296 g/mol. The summed E-state index contributed by atoms with van der Waals surface area (Å²) in [5.74, 6) is 0.301. The van der Waals surface area contributed by atoms with E-state index in [1.54, 1.807) is 12.1 Å². The average Bonchev–Trinajstić information content (AvgIpc) is 2.28. The highest BCUT2D eigenvalue weighted by Crippen LogP contribution is 2.27. The SMILES string of the molecule is Br.CC(C)(CN)c1ccc2ccc(O)cc2c1. The van der Waals surface area contributed by atoms with Crippen molar-refractivity contribution in [1.82, 2.24) is 0 Å². The zero-order valence-electron chi connectivity index (χ0n) is 10.1. The van der Waals surface area contributed by atoms with Crippen LogP contribution in [0.3, 0.4) is 0 Å². The Morgan fingerprint density at radius 3 is 2.35 bits per heavy atom. The number of hydrogen-bond donors (Lipinski definition) is 2. The van der Waals surface area contributed by atoms with Crippen LogP contribution < -0.4 is 5.73 Å². The molecule has 0 atom stereocenters. The topological polar surface area (TPSA) is 46.2 Å². The first-order valence-electron chi connectivity index (χ1n) is 5.46. The van der Waals surface area contributed by atoms with Crippen LogP contribution in [0.2, 0.25) is 0 Å². The Morgan fingerprint density at radius 2 is 1.71 bits per heavy atom. The second-order valence-electron chi connectivity index (χ2n) is 4.83. The van der Waals surface area contributed by atoms with Gasteiger partial charge in [-0.3, -0.25) is 0 Å². The van der Waals surface area contributed by atoms with Gasteiger partial charge in [0.2, 0.25) is 0 Å². The third-order valence-corrected chi connectivity index (χ3v) is 3.12. The largest absolute Gasteiger partial charge is 0.508 e. The number of phenolic OH excluding ortho intramolecular Hbond substituents is 1. The van der Waals surface area contributed by atoms with E-state index in [1.807, 2.05) is 6.07 Å². The van der Waals surface area contributed by atoms with Crippen molar-refractivity contribution in [2.75, 3.05) is 6.54 Å². The number of fused-ring (bicyclic) bond motifs is 1. The lowest BCUT2D eigenvalue weighted by Crippen LogP contribution is -2.27. The Balaban J connectivity index is 0.00000144. The minimum atomic E-state index is -0.0281. The second-order valence-corrected chi connectivity index (χ2v) is 4.83.